The van der Waals surface area contributed by atoms with Crippen molar-refractivity contribution in [1.29, 1.82) is 0 Å². The Balaban J connectivity index is 2.21. The van der Waals surface area contributed by atoms with Gasteiger partial charge in [0.2, 0.25) is 0 Å². The third-order valence-electron chi connectivity index (χ3n) is 5.24. The zero-order valence-corrected chi connectivity index (χ0v) is 13.8. The van der Waals surface area contributed by atoms with Crippen molar-refractivity contribution in [3.05, 3.63) is 71.3 Å². The highest BCUT2D eigenvalue weighted by atomic mass is 14.4. The largest absolute Gasteiger partial charge is 0.0616 e. The van der Waals surface area contributed by atoms with Crippen molar-refractivity contribution in [2.45, 2.75) is 39.0 Å². The minimum absolute atomic E-state index is 0.0829. The van der Waals surface area contributed by atoms with Crippen molar-refractivity contribution >= 4 is 10.8 Å². The molecule has 0 spiro atoms. The van der Waals surface area contributed by atoms with Crippen molar-refractivity contribution in [1.82, 2.24) is 0 Å². The van der Waals surface area contributed by atoms with Gasteiger partial charge in [-0.3, -0.25) is 0 Å². The molecule has 0 amide bonds. The molecule has 0 aliphatic heterocycles. The van der Waals surface area contributed by atoms with Crippen molar-refractivity contribution in [3.63, 3.8) is 0 Å². The maximum absolute atomic E-state index is 2.36. The molecule has 0 saturated heterocycles. The zero-order valence-electron chi connectivity index (χ0n) is 13.8. The topological polar surface area (TPSA) is 0 Å². The van der Waals surface area contributed by atoms with Crippen LogP contribution in [0.2, 0.25) is 0 Å². The van der Waals surface area contributed by atoms with Gasteiger partial charge in [-0.1, -0.05) is 82.3 Å². The molecule has 0 nitrogen and oxygen atoms in total. The van der Waals surface area contributed by atoms with Gasteiger partial charge in [0.05, 0.1) is 0 Å². The molecule has 0 aromatic heterocycles. The van der Waals surface area contributed by atoms with Gasteiger partial charge in [0.1, 0.15) is 0 Å². The first-order chi connectivity index (χ1) is 10.5. The molecule has 4 rings (SSSR count). The lowest BCUT2D eigenvalue weighted by molar-refractivity contribution is 0.659. The normalized spacial score (nSPS) is 15.1. The third-order valence-corrected chi connectivity index (χ3v) is 5.24. The molecule has 1 aliphatic rings. The van der Waals surface area contributed by atoms with Crippen molar-refractivity contribution in [2.24, 2.45) is 0 Å². The number of fused-ring (bicyclic) bond motifs is 5. The molecule has 0 heteroatoms. The van der Waals surface area contributed by atoms with E-state index in [-0.39, 0.29) is 5.41 Å². The summed E-state index contributed by atoms with van der Waals surface area (Å²) < 4.78 is 0. The number of rotatable bonds is 1. The molecule has 3 aromatic rings. The quantitative estimate of drug-likeness (QED) is 0.494. The second-order valence-corrected chi connectivity index (χ2v) is 7.26. The SMILES string of the molecule is CC(C)c1cccc2c1-c1c(ccc3ccccc13)C2(C)C. The molecule has 110 valence electrons. The van der Waals surface area contributed by atoms with E-state index in [0.29, 0.717) is 5.92 Å². The monoisotopic (exact) mass is 286 g/mol. The highest BCUT2D eigenvalue weighted by Crippen LogP contribution is 2.53. The van der Waals surface area contributed by atoms with Crippen LogP contribution in [-0.4, -0.2) is 0 Å². The molecule has 1 aliphatic carbocycles. The lowest BCUT2D eigenvalue weighted by atomic mass is 9.81. The van der Waals surface area contributed by atoms with Gasteiger partial charge in [0.15, 0.2) is 0 Å². The van der Waals surface area contributed by atoms with Crippen LogP contribution >= 0.6 is 0 Å². The van der Waals surface area contributed by atoms with E-state index >= 15 is 0 Å². The minimum atomic E-state index is 0.0829. The van der Waals surface area contributed by atoms with Crippen LogP contribution in [0.1, 0.15) is 50.3 Å². The second kappa shape index (κ2) is 4.46. The molecule has 0 fully saturated rings. The summed E-state index contributed by atoms with van der Waals surface area (Å²) in [6.45, 7) is 9.31. The summed E-state index contributed by atoms with van der Waals surface area (Å²) in [7, 11) is 0. The smallest absolute Gasteiger partial charge is 0.0159 e. The summed E-state index contributed by atoms with van der Waals surface area (Å²) in [4.78, 5) is 0. The average molecular weight is 286 g/mol. The van der Waals surface area contributed by atoms with E-state index in [1.54, 1.807) is 0 Å². The summed E-state index contributed by atoms with van der Waals surface area (Å²) in [5.74, 6) is 0.538. The molecule has 22 heavy (non-hydrogen) atoms. The summed E-state index contributed by atoms with van der Waals surface area (Å²) in [5, 5.41) is 2.73. The Morgan fingerprint density at radius 1 is 0.727 bits per heavy atom. The van der Waals surface area contributed by atoms with Gasteiger partial charge >= 0.3 is 0 Å². The standard InChI is InChI=1S/C22H22/c1-14(2)16-10-7-11-18-20(16)21-17-9-6-5-8-15(17)12-13-19(21)22(18,3)4/h5-14H,1-4H3. The summed E-state index contributed by atoms with van der Waals surface area (Å²) >= 11 is 0. The Morgan fingerprint density at radius 2 is 1.45 bits per heavy atom. The maximum atomic E-state index is 2.36. The molecular formula is C22H22. The first-order valence-electron chi connectivity index (χ1n) is 8.18. The van der Waals surface area contributed by atoms with Crippen molar-refractivity contribution in [2.75, 3.05) is 0 Å². The Morgan fingerprint density at radius 3 is 2.23 bits per heavy atom. The van der Waals surface area contributed by atoms with Gasteiger partial charge in [-0.05, 0) is 44.5 Å². The van der Waals surface area contributed by atoms with Crippen LogP contribution in [0.4, 0.5) is 0 Å². The van der Waals surface area contributed by atoms with Gasteiger partial charge in [-0.2, -0.15) is 0 Å². The van der Waals surface area contributed by atoms with E-state index in [0.717, 1.165) is 0 Å². The van der Waals surface area contributed by atoms with E-state index in [9.17, 15) is 0 Å². The molecule has 0 heterocycles. The lowest BCUT2D eigenvalue weighted by Gasteiger charge is -2.22. The first-order valence-corrected chi connectivity index (χ1v) is 8.18. The van der Waals surface area contributed by atoms with Crippen molar-refractivity contribution < 1.29 is 0 Å². The van der Waals surface area contributed by atoms with Gasteiger partial charge in [-0.15, -0.1) is 0 Å². The minimum Gasteiger partial charge on any atom is -0.0616 e. The van der Waals surface area contributed by atoms with Crippen LogP contribution in [0.3, 0.4) is 0 Å². The van der Waals surface area contributed by atoms with Crippen LogP contribution < -0.4 is 0 Å². The molecule has 0 saturated carbocycles. The summed E-state index contributed by atoms with van der Waals surface area (Å²) in [5.41, 5.74) is 7.44. The lowest BCUT2D eigenvalue weighted by Crippen LogP contribution is -2.15. The first kappa shape index (κ1) is 13.6. The fourth-order valence-electron chi connectivity index (χ4n) is 4.06. The van der Waals surface area contributed by atoms with E-state index in [2.05, 4.69) is 82.3 Å². The molecular weight excluding hydrogens is 264 g/mol. The van der Waals surface area contributed by atoms with Gasteiger partial charge in [0, 0.05) is 5.41 Å². The van der Waals surface area contributed by atoms with Crippen LogP contribution in [0.15, 0.2) is 54.6 Å². The number of benzene rings is 3. The Labute approximate surface area is 132 Å². The number of hydrogen-bond acceptors (Lipinski definition) is 0. The van der Waals surface area contributed by atoms with Crippen LogP contribution in [-0.2, 0) is 5.41 Å². The van der Waals surface area contributed by atoms with Crippen LogP contribution in [0.5, 0.6) is 0 Å². The predicted molar refractivity (Wildman–Crippen MR) is 95.6 cm³/mol. The molecule has 0 unspecified atom stereocenters. The van der Waals surface area contributed by atoms with E-state index in [1.165, 1.54) is 38.6 Å². The molecule has 0 bridgehead atoms. The molecule has 0 radical (unpaired) electrons. The molecule has 0 N–H and O–H groups in total. The van der Waals surface area contributed by atoms with Crippen molar-refractivity contribution in [3.8, 4) is 11.1 Å². The molecule has 3 aromatic carbocycles. The van der Waals surface area contributed by atoms with E-state index in [1.807, 2.05) is 0 Å². The second-order valence-electron chi connectivity index (χ2n) is 7.26. The molecule has 0 atom stereocenters. The van der Waals surface area contributed by atoms with Gasteiger partial charge in [-0.25, -0.2) is 0 Å². The van der Waals surface area contributed by atoms with E-state index in [4.69, 9.17) is 0 Å². The summed E-state index contributed by atoms with van der Waals surface area (Å²) in [6, 6.07) is 20.2. The van der Waals surface area contributed by atoms with Gasteiger partial charge in [0.25, 0.3) is 0 Å². The third kappa shape index (κ3) is 1.64. The Kier molecular flexibility index (Phi) is 2.75. The van der Waals surface area contributed by atoms with Gasteiger partial charge < -0.3 is 0 Å². The fraction of sp³-hybridized carbons (Fsp3) is 0.273. The highest BCUT2D eigenvalue weighted by molar-refractivity contribution is 6.03. The van der Waals surface area contributed by atoms with E-state index < -0.39 is 0 Å². The predicted octanol–water partition coefficient (Wildman–Crippen LogP) is 6.27. The van der Waals surface area contributed by atoms with Crippen LogP contribution in [0, 0.1) is 0 Å². The maximum Gasteiger partial charge on any atom is 0.0159 e. The Bertz CT molecular complexity index is 882. The zero-order chi connectivity index (χ0) is 15.5. The van der Waals surface area contributed by atoms with Crippen LogP contribution in [0.25, 0.3) is 21.9 Å². The summed E-state index contributed by atoms with van der Waals surface area (Å²) in [6.07, 6.45) is 0. The average Bonchev–Trinajstić information content (AvgIpc) is 2.76. The Hall–Kier alpha value is -2.08. The highest BCUT2D eigenvalue weighted by Gasteiger charge is 2.37. The number of hydrogen-bond donors (Lipinski definition) is 0. The fourth-order valence-corrected chi connectivity index (χ4v) is 4.06.